The second kappa shape index (κ2) is 9.36. The fourth-order valence-corrected chi connectivity index (χ4v) is 2.58. The molecule has 150 valence electrons. The number of methoxy groups -OCH3 is 1. The standard InChI is InChI=1S/C20H21F3N2O3/c1-13(14-8-10-16(11-9-14)20(21,22)23)25-28-12-15-6-4-5-7-17(15)18(27-3)19(26)24-2/h4-11,18H,12H2,1-3H3,(H,24,26)/b25-13-. The van der Waals surface area contributed by atoms with Crippen LogP contribution in [0.3, 0.4) is 0 Å². The summed E-state index contributed by atoms with van der Waals surface area (Å²) in [7, 11) is 2.95. The highest BCUT2D eigenvalue weighted by Crippen LogP contribution is 2.29. The molecule has 0 saturated heterocycles. The van der Waals surface area contributed by atoms with Crippen LogP contribution in [0.15, 0.2) is 53.7 Å². The molecule has 0 radical (unpaired) electrons. The fourth-order valence-electron chi connectivity index (χ4n) is 2.58. The summed E-state index contributed by atoms with van der Waals surface area (Å²) in [6, 6.07) is 11.8. The largest absolute Gasteiger partial charge is 0.416 e. The number of carbonyl (C=O) groups excluding carboxylic acids is 1. The van der Waals surface area contributed by atoms with Gasteiger partial charge in [0.2, 0.25) is 0 Å². The van der Waals surface area contributed by atoms with Gasteiger partial charge in [-0.15, -0.1) is 0 Å². The quantitative estimate of drug-likeness (QED) is 0.569. The van der Waals surface area contributed by atoms with Crippen LogP contribution in [0.5, 0.6) is 0 Å². The van der Waals surface area contributed by atoms with Crippen molar-refractivity contribution in [2.45, 2.75) is 25.8 Å². The number of oxime groups is 1. The molecule has 8 heteroatoms. The number of hydrogen-bond donors (Lipinski definition) is 1. The number of ether oxygens (including phenoxy) is 1. The highest BCUT2D eigenvalue weighted by Gasteiger charge is 2.30. The molecule has 0 aliphatic heterocycles. The minimum atomic E-state index is -4.38. The molecular weight excluding hydrogens is 373 g/mol. The maximum Gasteiger partial charge on any atom is 0.416 e. The van der Waals surface area contributed by atoms with Crippen molar-refractivity contribution in [2.24, 2.45) is 5.16 Å². The molecule has 1 atom stereocenters. The van der Waals surface area contributed by atoms with Gasteiger partial charge >= 0.3 is 6.18 Å². The lowest BCUT2D eigenvalue weighted by Gasteiger charge is -2.17. The fraction of sp³-hybridized carbons (Fsp3) is 0.300. The predicted octanol–water partition coefficient (Wildman–Crippen LogP) is 4.08. The Bertz CT molecular complexity index is 833. The highest BCUT2D eigenvalue weighted by molar-refractivity contribution is 5.98. The molecule has 1 amide bonds. The Balaban J connectivity index is 2.11. The molecule has 0 aliphatic carbocycles. The molecule has 0 aliphatic rings. The van der Waals surface area contributed by atoms with E-state index in [0.29, 0.717) is 22.4 Å². The number of nitrogens with one attached hydrogen (secondary N) is 1. The van der Waals surface area contributed by atoms with Gasteiger partial charge in [0.1, 0.15) is 6.61 Å². The lowest BCUT2D eigenvalue weighted by atomic mass is 10.0. The van der Waals surface area contributed by atoms with Gasteiger partial charge in [0.05, 0.1) is 11.3 Å². The molecule has 0 bridgehead atoms. The van der Waals surface area contributed by atoms with Gasteiger partial charge in [-0.25, -0.2) is 0 Å². The van der Waals surface area contributed by atoms with E-state index < -0.39 is 17.8 Å². The second-order valence-electron chi connectivity index (χ2n) is 5.95. The molecule has 1 N–H and O–H groups in total. The third kappa shape index (κ3) is 5.32. The van der Waals surface area contributed by atoms with Crippen LogP contribution in [0.25, 0.3) is 0 Å². The van der Waals surface area contributed by atoms with E-state index >= 15 is 0 Å². The van der Waals surface area contributed by atoms with Crippen LogP contribution in [0, 0.1) is 0 Å². The Kier molecular flexibility index (Phi) is 7.17. The van der Waals surface area contributed by atoms with Crippen molar-refractivity contribution in [3.8, 4) is 0 Å². The minimum absolute atomic E-state index is 0.0744. The SMILES string of the molecule is CNC(=O)C(OC)c1ccccc1CO/N=C(/C)c1ccc(C(F)(F)F)cc1. The number of nitrogens with zero attached hydrogens (tertiary/aromatic N) is 1. The van der Waals surface area contributed by atoms with E-state index in [1.165, 1.54) is 26.3 Å². The average Bonchev–Trinajstić information content (AvgIpc) is 2.68. The first-order valence-electron chi connectivity index (χ1n) is 8.44. The number of amides is 1. The molecule has 5 nitrogen and oxygen atoms in total. The van der Waals surface area contributed by atoms with E-state index in [0.717, 1.165) is 12.1 Å². The Morgan fingerprint density at radius 2 is 1.79 bits per heavy atom. The van der Waals surface area contributed by atoms with Crippen LogP contribution in [0.4, 0.5) is 13.2 Å². The number of rotatable bonds is 7. The molecule has 2 rings (SSSR count). The van der Waals surface area contributed by atoms with Crippen molar-refractivity contribution in [3.63, 3.8) is 0 Å². The van der Waals surface area contributed by atoms with Gasteiger partial charge in [0.25, 0.3) is 5.91 Å². The summed E-state index contributed by atoms with van der Waals surface area (Å²) in [5.41, 5.74) is 1.58. The molecule has 0 aromatic heterocycles. The Labute approximate surface area is 161 Å². The predicted molar refractivity (Wildman–Crippen MR) is 98.7 cm³/mol. The lowest BCUT2D eigenvalue weighted by Crippen LogP contribution is -2.27. The van der Waals surface area contributed by atoms with Crippen LogP contribution in [0.2, 0.25) is 0 Å². The van der Waals surface area contributed by atoms with Crippen LogP contribution >= 0.6 is 0 Å². The molecule has 2 aromatic rings. The van der Waals surface area contributed by atoms with Crippen LogP contribution in [-0.4, -0.2) is 25.8 Å². The van der Waals surface area contributed by atoms with Crippen molar-refractivity contribution in [1.82, 2.24) is 5.32 Å². The Morgan fingerprint density at radius 3 is 2.36 bits per heavy atom. The van der Waals surface area contributed by atoms with Crippen LogP contribution in [-0.2, 0) is 27.2 Å². The molecular formula is C20H21F3N2O3. The van der Waals surface area contributed by atoms with Gasteiger partial charge in [0.15, 0.2) is 6.10 Å². The summed E-state index contributed by atoms with van der Waals surface area (Å²) in [6.45, 7) is 1.71. The first kappa shape index (κ1) is 21.4. The van der Waals surface area contributed by atoms with Gasteiger partial charge in [-0.3, -0.25) is 4.79 Å². The highest BCUT2D eigenvalue weighted by atomic mass is 19.4. The summed E-state index contributed by atoms with van der Waals surface area (Å²) >= 11 is 0. The van der Waals surface area contributed by atoms with Gasteiger partial charge in [0, 0.05) is 14.2 Å². The topological polar surface area (TPSA) is 59.9 Å². The van der Waals surface area contributed by atoms with E-state index in [4.69, 9.17) is 9.57 Å². The first-order chi connectivity index (χ1) is 13.3. The smallest absolute Gasteiger partial charge is 0.391 e. The minimum Gasteiger partial charge on any atom is -0.391 e. The number of halogens is 3. The monoisotopic (exact) mass is 394 g/mol. The first-order valence-corrected chi connectivity index (χ1v) is 8.44. The third-order valence-electron chi connectivity index (χ3n) is 4.11. The number of carbonyl (C=O) groups is 1. The van der Waals surface area contributed by atoms with Crippen molar-refractivity contribution >= 4 is 11.6 Å². The molecule has 0 spiro atoms. The van der Waals surface area contributed by atoms with Gasteiger partial charge in [-0.2, -0.15) is 13.2 Å². The second-order valence-corrected chi connectivity index (χ2v) is 5.95. The van der Waals surface area contributed by atoms with Crippen molar-refractivity contribution in [2.75, 3.05) is 14.2 Å². The number of likely N-dealkylation sites (N-methyl/N-ethyl adjacent to an activating group) is 1. The summed E-state index contributed by atoms with van der Waals surface area (Å²) in [6.07, 6.45) is -5.17. The maximum atomic E-state index is 12.6. The summed E-state index contributed by atoms with van der Waals surface area (Å²) in [5.74, 6) is -0.292. The Hall–Kier alpha value is -2.87. The van der Waals surface area contributed by atoms with Gasteiger partial charge < -0.3 is 14.9 Å². The number of benzene rings is 2. The van der Waals surface area contributed by atoms with Crippen molar-refractivity contribution in [1.29, 1.82) is 0 Å². The molecule has 1 unspecified atom stereocenters. The zero-order chi connectivity index (χ0) is 20.7. The zero-order valence-corrected chi connectivity index (χ0v) is 15.7. The normalized spacial score (nSPS) is 13.1. The van der Waals surface area contributed by atoms with Crippen molar-refractivity contribution in [3.05, 3.63) is 70.8 Å². The van der Waals surface area contributed by atoms with Gasteiger partial charge in [-0.1, -0.05) is 41.6 Å². The van der Waals surface area contributed by atoms with E-state index in [1.807, 2.05) is 0 Å². The Morgan fingerprint density at radius 1 is 1.14 bits per heavy atom. The van der Waals surface area contributed by atoms with E-state index in [9.17, 15) is 18.0 Å². The maximum absolute atomic E-state index is 12.6. The number of hydrogen-bond acceptors (Lipinski definition) is 4. The summed E-state index contributed by atoms with van der Waals surface area (Å²) < 4.78 is 43.2. The third-order valence-corrected chi connectivity index (χ3v) is 4.11. The molecule has 0 saturated carbocycles. The molecule has 2 aromatic carbocycles. The van der Waals surface area contributed by atoms with E-state index in [1.54, 1.807) is 31.2 Å². The average molecular weight is 394 g/mol. The van der Waals surface area contributed by atoms with Gasteiger partial charge in [-0.05, 0) is 35.7 Å². The summed E-state index contributed by atoms with van der Waals surface area (Å²) in [4.78, 5) is 17.3. The van der Waals surface area contributed by atoms with Crippen molar-refractivity contribution < 1.29 is 27.5 Å². The molecule has 0 fully saturated rings. The molecule has 0 heterocycles. The summed E-state index contributed by atoms with van der Waals surface area (Å²) in [5, 5.41) is 6.51. The lowest BCUT2D eigenvalue weighted by molar-refractivity contribution is -0.137. The molecule has 28 heavy (non-hydrogen) atoms. The zero-order valence-electron chi connectivity index (χ0n) is 15.7. The van der Waals surface area contributed by atoms with Crippen LogP contribution < -0.4 is 5.32 Å². The van der Waals surface area contributed by atoms with Crippen LogP contribution in [0.1, 0.15) is 35.3 Å². The van der Waals surface area contributed by atoms with E-state index in [2.05, 4.69) is 10.5 Å². The van der Waals surface area contributed by atoms with E-state index in [-0.39, 0.29) is 12.5 Å². The number of alkyl halides is 3.